The molecule has 2 aliphatic rings. The quantitative estimate of drug-likeness (QED) is 0.293. The van der Waals surface area contributed by atoms with Gasteiger partial charge in [0.2, 0.25) is 10.0 Å². The molecule has 5 rings (SSSR count). The number of non-ortho nitro benzene ring substituents is 1. The summed E-state index contributed by atoms with van der Waals surface area (Å²) in [5, 5.41) is 12.5. The van der Waals surface area contributed by atoms with Crippen LogP contribution in [0.4, 0.5) is 5.69 Å². The van der Waals surface area contributed by atoms with E-state index in [1.807, 2.05) is 17.0 Å². The number of benzene rings is 3. The SMILES string of the molecule is O=C1c2cccc3cccc(c23)C(=O)N1CCN1CCN(S(=O)(=O)c2cccc([N+](=O)[O-])c2)CC1. The minimum absolute atomic E-state index is 0.113. The van der Waals surface area contributed by atoms with Crippen LogP contribution in [0.3, 0.4) is 0 Å². The van der Waals surface area contributed by atoms with Gasteiger partial charge >= 0.3 is 0 Å². The lowest BCUT2D eigenvalue weighted by Gasteiger charge is -2.35. The molecule has 11 heteroatoms. The van der Waals surface area contributed by atoms with E-state index in [2.05, 4.69) is 0 Å². The third-order valence-corrected chi connectivity index (χ3v) is 8.39. The monoisotopic (exact) mass is 494 g/mol. The average molecular weight is 495 g/mol. The molecule has 3 aromatic carbocycles. The van der Waals surface area contributed by atoms with E-state index in [1.54, 1.807) is 24.3 Å². The van der Waals surface area contributed by atoms with Crippen molar-refractivity contribution in [1.29, 1.82) is 0 Å². The fraction of sp³-hybridized carbons (Fsp3) is 0.250. The van der Waals surface area contributed by atoms with Gasteiger partial charge in [0.15, 0.2) is 0 Å². The van der Waals surface area contributed by atoms with Crippen LogP contribution in [0.15, 0.2) is 65.6 Å². The molecule has 2 aliphatic heterocycles. The first-order valence-corrected chi connectivity index (χ1v) is 12.6. The van der Waals surface area contributed by atoms with Crippen LogP contribution in [0.25, 0.3) is 10.8 Å². The van der Waals surface area contributed by atoms with E-state index >= 15 is 0 Å². The van der Waals surface area contributed by atoms with Crippen molar-refractivity contribution in [3.05, 3.63) is 81.9 Å². The summed E-state index contributed by atoms with van der Waals surface area (Å²) >= 11 is 0. The fourth-order valence-corrected chi connectivity index (χ4v) is 6.09. The summed E-state index contributed by atoms with van der Waals surface area (Å²) in [6.45, 7) is 1.84. The van der Waals surface area contributed by atoms with Gasteiger partial charge in [-0.05, 0) is 23.6 Å². The summed E-state index contributed by atoms with van der Waals surface area (Å²) in [4.78, 5) is 39.6. The topological polar surface area (TPSA) is 121 Å². The number of carbonyl (C=O) groups excluding carboxylic acids is 2. The predicted octanol–water partition coefficient (Wildman–Crippen LogP) is 2.35. The number of amides is 2. The summed E-state index contributed by atoms with van der Waals surface area (Å²) in [7, 11) is -3.87. The molecule has 0 aromatic heterocycles. The van der Waals surface area contributed by atoms with Gasteiger partial charge in [-0.3, -0.25) is 29.5 Å². The molecule has 0 bridgehead atoms. The van der Waals surface area contributed by atoms with Crippen molar-refractivity contribution >= 4 is 38.3 Å². The van der Waals surface area contributed by atoms with E-state index in [0.29, 0.717) is 36.1 Å². The summed E-state index contributed by atoms with van der Waals surface area (Å²) in [6, 6.07) is 15.8. The molecule has 3 aromatic rings. The second-order valence-electron chi connectivity index (χ2n) is 8.47. The maximum absolute atomic E-state index is 13.1. The van der Waals surface area contributed by atoms with E-state index in [-0.39, 0.29) is 42.0 Å². The molecule has 0 atom stereocenters. The first-order valence-electron chi connectivity index (χ1n) is 11.1. The van der Waals surface area contributed by atoms with Gasteiger partial charge in [-0.15, -0.1) is 0 Å². The number of nitro benzene ring substituents is 1. The summed E-state index contributed by atoms with van der Waals surface area (Å²) in [6.07, 6.45) is 0. The Morgan fingerprint density at radius 2 is 1.43 bits per heavy atom. The summed E-state index contributed by atoms with van der Waals surface area (Å²) in [5.41, 5.74) is 0.731. The standard InChI is InChI=1S/C24H22N4O6S/c29-23-20-8-1-4-17-5-2-9-21(22(17)20)24(30)27(23)15-12-25-10-13-26(14-11-25)35(33,34)19-7-3-6-18(16-19)28(31)32/h1-9,16H,10-15H2. The van der Waals surface area contributed by atoms with Crippen LogP contribution in [0, 0.1) is 10.1 Å². The first-order chi connectivity index (χ1) is 16.8. The van der Waals surface area contributed by atoms with Crippen molar-refractivity contribution < 1.29 is 22.9 Å². The molecule has 0 saturated carbocycles. The van der Waals surface area contributed by atoms with E-state index < -0.39 is 14.9 Å². The molecule has 0 radical (unpaired) electrons. The van der Waals surface area contributed by atoms with Crippen LogP contribution < -0.4 is 0 Å². The number of sulfonamides is 1. The molecule has 0 N–H and O–H groups in total. The fourth-order valence-electron chi connectivity index (χ4n) is 4.63. The van der Waals surface area contributed by atoms with Crippen molar-refractivity contribution in [2.24, 2.45) is 0 Å². The van der Waals surface area contributed by atoms with Crippen LogP contribution in [-0.4, -0.2) is 78.5 Å². The van der Waals surface area contributed by atoms with Crippen LogP contribution in [0.1, 0.15) is 20.7 Å². The Morgan fingerprint density at radius 3 is 2.03 bits per heavy atom. The molecule has 180 valence electrons. The summed E-state index contributed by atoms with van der Waals surface area (Å²) in [5.74, 6) is -0.655. The lowest BCUT2D eigenvalue weighted by atomic mass is 9.94. The molecular formula is C24H22N4O6S. The largest absolute Gasteiger partial charge is 0.299 e. The highest BCUT2D eigenvalue weighted by Gasteiger charge is 2.34. The Balaban J connectivity index is 1.24. The lowest BCUT2D eigenvalue weighted by molar-refractivity contribution is -0.385. The Hall–Kier alpha value is -3.67. The average Bonchev–Trinajstić information content (AvgIpc) is 2.87. The highest BCUT2D eigenvalue weighted by atomic mass is 32.2. The minimum atomic E-state index is -3.87. The number of rotatable bonds is 6. The predicted molar refractivity (Wildman–Crippen MR) is 128 cm³/mol. The number of hydrogen-bond donors (Lipinski definition) is 0. The number of hydrogen-bond acceptors (Lipinski definition) is 7. The van der Waals surface area contributed by atoms with Gasteiger partial charge < -0.3 is 0 Å². The van der Waals surface area contributed by atoms with Crippen LogP contribution in [-0.2, 0) is 10.0 Å². The Kier molecular flexibility index (Phi) is 5.83. The molecule has 0 spiro atoms. The maximum atomic E-state index is 13.1. The molecule has 0 unspecified atom stereocenters. The van der Waals surface area contributed by atoms with Gasteiger partial charge in [0.25, 0.3) is 17.5 Å². The third kappa shape index (κ3) is 4.07. The Bertz CT molecular complexity index is 1410. The van der Waals surface area contributed by atoms with Crippen molar-refractivity contribution in [1.82, 2.24) is 14.1 Å². The van der Waals surface area contributed by atoms with Crippen molar-refractivity contribution in [3.8, 4) is 0 Å². The molecule has 10 nitrogen and oxygen atoms in total. The molecule has 1 saturated heterocycles. The second-order valence-corrected chi connectivity index (χ2v) is 10.4. The van der Waals surface area contributed by atoms with E-state index in [0.717, 1.165) is 11.5 Å². The Labute approximate surface area is 201 Å². The van der Waals surface area contributed by atoms with Crippen molar-refractivity contribution in [3.63, 3.8) is 0 Å². The molecule has 35 heavy (non-hydrogen) atoms. The van der Waals surface area contributed by atoms with Crippen molar-refractivity contribution in [2.45, 2.75) is 4.90 Å². The number of imide groups is 1. The second kappa shape index (κ2) is 8.84. The van der Waals surface area contributed by atoms with Gasteiger partial charge in [-0.1, -0.05) is 30.3 Å². The number of piperazine rings is 1. The highest BCUT2D eigenvalue weighted by Crippen LogP contribution is 2.30. The van der Waals surface area contributed by atoms with Crippen LogP contribution in [0.2, 0.25) is 0 Å². The van der Waals surface area contributed by atoms with Gasteiger partial charge in [-0.2, -0.15) is 4.31 Å². The van der Waals surface area contributed by atoms with Gasteiger partial charge in [0.1, 0.15) is 0 Å². The smallest absolute Gasteiger partial charge is 0.270 e. The highest BCUT2D eigenvalue weighted by molar-refractivity contribution is 7.89. The molecule has 1 fully saturated rings. The molecule has 2 amide bonds. The number of nitrogens with zero attached hydrogens (tertiary/aromatic N) is 4. The van der Waals surface area contributed by atoms with E-state index in [1.165, 1.54) is 27.4 Å². The van der Waals surface area contributed by atoms with E-state index in [9.17, 15) is 28.1 Å². The lowest BCUT2D eigenvalue weighted by Crippen LogP contribution is -2.51. The molecular weight excluding hydrogens is 472 g/mol. The molecule has 0 aliphatic carbocycles. The van der Waals surface area contributed by atoms with Crippen molar-refractivity contribution in [2.75, 3.05) is 39.3 Å². The van der Waals surface area contributed by atoms with Gasteiger partial charge in [0, 0.05) is 67.9 Å². The van der Waals surface area contributed by atoms with E-state index in [4.69, 9.17) is 0 Å². The van der Waals surface area contributed by atoms with Gasteiger partial charge in [0.05, 0.1) is 9.82 Å². The summed E-state index contributed by atoms with van der Waals surface area (Å²) < 4.78 is 27.2. The van der Waals surface area contributed by atoms with Crippen LogP contribution in [0.5, 0.6) is 0 Å². The zero-order valence-corrected chi connectivity index (χ0v) is 19.5. The van der Waals surface area contributed by atoms with Gasteiger partial charge in [-0.25, -0.2) is 8.42 Å². The third-order valence-electron chi connectivity index (χ3n) is 6.49. The van der Waals surface area contributed by atoms with Crippen LogP contribution >= 0.6 is 0 Å². The zero-order chi connectivity index (χ0) is 24.7. The Morgan fingerprint density at radius 1 is 0.829 bits per heavy atom. The molecule has 2 heterocycles. The normalized spacial score (nSPS) is 17.2. The number of nitro groups is 1. The minimum Gasteiger partial charge on any atom is -0.299 e. The first kappa shape index (κ1) is 23.1. The zero-order valence-electron chi connectivity index (χ0n) is 18.7. The number of carbonyl (C=O) groups is 2. The maximum Gasteiger partial charge on any atom is 0.270 e.